The summed E-state index contributed by atoms with van der Waals surface area (Å²) < 4.78 is 20.1. The number of nitrogens with zero attached hydrogens (tertiary/aromatic N) is 1. The Balaban J connectivity index is 1.91. The fourth-order valence-electron chi connectivity index (χ4n) is 2.79. The number of benzene rings is 1. The molecule has 1 amide bonds. The van der Waals surface area contributed by atoms with Gasteiger partial charge in [-0.3, -0.25) is 9.59 Å². The first kappa shape index (κ1) is 19.6. The second kappa shape index (κ2) is 9.07. The summed E-state index contributed by atoms with van der Waals surface area (Å²) in [6, 6.07) is 4.59. The van der Waals surface area contributed by atoms with Crippen LogP contribution in [-0.4, -0.2) is 63.8 Å². The molecule has 0 spiro atoms. The van der Waals surface area contributed by atoms with Crippen LogP contribution >= 0.6 is 0 Å². The van der Waals surface area contributed by atoms with Crippen molar-refractivity contribution in [2.24, 2.45) is 5.92 Å². The largest absolute Gasteiger partial charge is 0.493 e. The lowest BCUT2D eigenvalue weighted by atomic mass is 9.97. The maximum Gasteiger partial charge on any atom is 0.337 e. The SMILES string of the molecule is COC(=O)c1ccc(OCC(=O)N2CCC(C(=O)OC)CC2)c(OC)c1. The maximum absolute atomic E-state index is 12.3. The Morgan fingerprint density at radius 3 is 2.31 bits per heavy atom. The predicted molar refractivity (Wildman–Crippen MR) is 91.1 cm³/mol. The number of carbonyl (C=O) groups excluding carboxylic acids is 3. The molecule has 0 aromatic heterocycles. The lowest BCUT2D eigenvalue weighted by Crippen LogP contribution is -2.42. The van der Waals surface area contributed by atoms with Crippen LogP contribution in [0.3, 0.4) is 0 Å². The lowest BCUT2D eigenvalue weighted by molar-refractivity contribution is -0.149. The quantitative estimate of drug-likeness (QED) is 0.701. The molecule has 1 aliphatic rings. The fourth-order valence-corrected chi connectivity index (χ4v) is 2.79. The summed E-state index contributed by atoms with van der Waals surface area (Å²) in [5, 5.41) is 0. The van der Waals surface area contributed by atoms with Crippen molar-refractivity contribution < 1.29 is 33.3 Å². The van der Waals surface area contributed by atoms with Crippen LogP contribution < -0.4 is 9.47 Å². The van der Waals surface area contributed by atoms with Gasteiger partial charge in [0.05, 0.1) is 32.8 Å². The molecule has 1 aliphatic heterocycles. The average molecular weight is 365 g/mol. The van der Waals surface area contributed by atoms with Gasteiger partial charge in [0.15, 0.2) is 18.1 Å². The Labute approximate surface area is 152 Å². The molecule has 8 heteroatoms. The van der Waals surface area contributed by atoms with Crippen LogP contribution in [0.15, 0.2) is 18.2 Å². The van der Waals surface area contributed by atoms with Crippen LogP contribution in [0, 0.1) is 5.92 Å². The second-order valence-electron chi connectivity index (χ2n) is 5.82. The summed E-state index contributed by atoms with van der Waals surface area (Å²) in [5.74, 6) is -0.352. The first-order valence-electron chi connectivity index (χ1n) is 8.25. The normalized spacial score (nSPS) is 14.5. The number of hydrogen-bond donors (Lipinski definition) is 0. The summed E-state index contributed by atoms with van der Waals surface area (Å²) in [6.07, 6.45) is 1.16. The zero-order valence-corrected chi connectivity index (χ0v) is 15.1. The van der Waals surface area contributed by atoms with Crippen LogP contribution in [0.2, 0.25) is 0 Å². The van der Waals surface area contributed by atoms with E-state index in [4.69, 9.17) is 14.2 Å². The highest BCUT2D eigenvalue weighted by atomic mass is 16.5. The number of carbonyl (C=O) groups is 3. The highest BCUT2D eigenvalue weighted by Gasteiger charge is 2.28. The van der Waals surface area contributed by atoms with Gasteiger partial charge in [0.2, 0.25) is 0 Å². The van der Waals surface area contributed by atoms with Crippen LogP contribution in [0.4, 0.5) is 0 Å². The molecule has 2 rings (SSSR count). The number of ether oxygens (including phenoxy) is 4. The van der Waals surface area contributed by atoms with Crippen molar-refractivity contribution in [1.29, 1.82) is 0 Å². The molecule has 1 aromatic rings. The molecule has 0 unspecified atom stereocenters. The van der Waals surface area contributed by atoms with Crippen LogP contribution in [0.1, 0.15) is 23.2 Å². The maximum atomic E-state index is 12.3. The van der Waals surface area contributed by atoms with E-state index in [1.54, 1.807) is 11.0 Å². The third kappa shape index (κ3) is 4.65. The van der Waals surface area contributed by atoms with E-state index in [2.05, 4.69) is 4.74 Å². The molecule has 8 nitrogen and oxygen atoms in total. The Hall–Kier alpha value is -2.77. The highest BCUT2D eigenvalue weighted by Crippen LogP contribution is 2.28. The van der Waals surface area contributed by atoms with Gasteiger partial charge in [-0.05, 0) is 31.0 Å². The summed E-state index contributed by atoms with van der Waals surface area (Å²) in [5.41, 5.74) is 0.327. The Bertz CT molecular complexity index is 666. The number of esters is 2. The molecule has 0 N–H and O–H groups in total. The Morgan fingerprint density at radius 1 is 1.04 bits per heavy atom. The summed E-state index contributed by atoms with van der Waals surface area (Å²) in [4.78, 5) is 37.0. The van der Waals surface area contributed by atoms with Gasteiger partial charge in [0.1, 0.15) is 0 Å². The summed E-state index contributed by atoms with van der Waals surface area (Å²) >= 11 is 0. The van der Waals surface area contributed by atoms with Gasteiger partial charge >= 0.3 is 11.9 Å². The van der Waals surface area contributed by atoms with Crippen LogP contribution in [0.25, 0.3) is 0 Å². The van der Waals surface area contributed by atoms with Crippen molar-refractivity contribution in [2.45, 2.75) is 12.8 Å². The predicted octanol–water partition coefficient (Wildman–Crippen LogP) is 1.27. The van der Waals surface area contributed by atoms with Crippen molar-refractivity contribution >= 4 is 17.8 Å². The minimum atomic E-state index is -0.487. The molecule has 0 saturated carbocycles. The van der Waals surface area contributed by atoms with Gasteiger partial charge in [0.25, 0.3) is 5.91 Å². The molecule has 0 atom stereocenters. The molecule has 1 saturated heterocycles. The molecule has 142 valence electrons. The molecule has 1 aromatic carbocycles. The van der Waals surface area contributed by atoms with Crippen LogP contribution in [-0.2, 0) is 19.1 Å². The molecule has 0 aliphatic carbocycles. The fraction of sp³-hybridized carbons (Fsp3) is 0.500. The Kier molecular flexibility index (Phi) is 6.82. The van der Waals surface area contributed by atoms with Crippen molar-refractivity contribution in [3.63, 3.8) is 0 Å². The van der Waals surface area contributed by atoms with Gasteiger partial charge in [-0.25, -0.2) is 4.79 Å². The van der Waals surface area contributed by atoms with E-state index in [0.29, 0.717) is 43.0 Å². The van der Waals surface area contributed by atoms with Crippen molar-refractivity contribution in [2.75, 3.05) is 41.0 Å². The van der Waals surface area contributed by atoms with E-state index in [1.165, 1.54) is 33.5 Å². The summed E-state index contributed by atoms with van der Waals surface area (Å²) in [7, 11) is 4.11. The number of methoxy groups -OCH3 is 3. The first-order valence-corrected chi connectivity index (χ1v) is 8.25. The molecular formula is C18H23NO7. The second-order valence-corrected chi connectivity index (χ2v) is 5.82. The standard InChI is InChI=1S/C18H23NO7/c1-23-15-10-13(18(22)25-3)4-5-14(15)26-11-16(20)19-8-6-12(7-9-19)17(21)24-2/h4-5,10,12H,6-9,11H2,1-3H3. The number of hydrogen-bond acceptors (Lipinski definition) is 7. The van der Waals surface area contributed by atoms with Crippen LogP contribution in [0.5, 0.6) is 11.5 Å². The topological polar surface area (TPSA) is 91.4 Å². The smallest absolute Gasteiger partial charge is 0.337 e. The van der Waals surface area contributed by atoms with Crippen molar-refractivity contribution in [3.05, 3.63) is 23.8 Å². The van der Waals surface area contributed by atoms with Gasteiger partial charge in [-0.15, -0.1) is 0 Å². The zero-order valence-electron chi connectivity index (χ0n) is 15.1. The van der Waals surface area contributed by atoms with E-state index in [1.807, 2.05) is 0 Å². The first-order chi connectivity index (χ1) is 12.5. The molecule has 26 heavy (non-hydrogen) atoms. The number of piperidine rings is 1. The molecular weight excluding hydrogens is 342 g/mol. The van der Waals surface area contributed by atoms with E-state index < -0.39 is 5.97 Å². The van der Waals surface area contributed by atoms with E-state index in [9.17, 15) is 14.4 Å². The third-order valence-corrected chi connectivity index (χ3v) is 4.32. The van der Waals surface area contributed by atoms with Crippen molar-refractivity contribution in [3.8, 4) is 11.5 Å². The average Bonchev–Trinajstić information content (AvgIpc) is 2.70. The third-order valence-electron chi connectivity index (χ3n) is 4.32. The molecule has 0 bridgehead atoms. The van der Waals surface area contributed by atoms with Gasteiger partial charge in [0, 0.05) is 13.1 Å². The number of amides is 1. The van der Waals surface area contributed by atoms with Crippen molar-refractivity contribution in [1.82, 2.24) is 4.90 Å². The minimum absolute atomic E-state index is 0.156. The molecule has 0 radical (unpaired) electrons. The Morgan fingerprint density at radius 2 is 1.73 bits per heavy atom. The highest BCUT2D eigenvalue weighted by molar-refractivity contribution is 5.90. The lowest BCUT2D eigenvalue weighted by Gasteiger charge is -2.30. The monoisotopic (exact) mass is 365 g/mol. The van der Waals surface area contributed by atoms with E-state index in [0.717, 1.165) is 0 Å². The summed E-state index contributed by atoms with van der Waals surface area (Å²) in [6.45, 7) is 0.817. The van der Waals surface area contributed by atoms with E-state index >= 15 is 0 Å². The number of rotatable bonds is 6. The van der Waals surface area contributed by atoms with E-state index in [-0.39, 0.29) is 24.4 Å². The zero-order chi connectivity index (χ0) is 19.1. The number of likely N-dealkylation sites (tertiary alicyclic amines) is 1. The molecule has 1 fully saturated rings. The minimum Gasteiger partial charge on any atom is -0.493 e. The van der Waals surface area contributed by atoms with Gasteiger partial charge in [-0.2, -0.15) is 0 Å². The van der Waals surface area contributed by atoms with Gasteiger partial charge < -0.3 is 23.8 Å². The molecule has 1 heterocycles. The van der Waals surface area contributed by atoms with Gasteiger partial charge in [-0.1, -0.05) is 0 Å².